The van der Waals surface area contributed by atoms with Crippen molar-refractivity contribution in [2.45, 2.75) is 51.6 Å². The summed E-state index contributed by atoms with van der Waals surface area (Å²) in [6.45, 7) is 4.32. The second-order valence-corrected chi connectivity index (χ2v) is 6.14. The van der Waals surface area contributed by atoms with Crippen LogP contribution in [0.4, 0.5) is 0 Å². The molecule has 0 spiro atoms. The van der Waals surface area contributed by atoms with E-state index in [-0.39, 0.29) is 11.8 Å². The molecular weight excluding hydrogens is 210 g/mol. The highest BCUT2D eigenvalue weighted by Gasteiger charge is 2.23. The summed E-state index contributed by atoms with van der Waals surface area (Å²) in [7, 11) is -2.91. The van der Waals surface area contributed by atoms with E-state index in [9.17, 15) is 8.42 Å². The lowest BCUT2D eigenvalue weighted by Gasteiger charge is -2.20. The van der Waals surface area contributed by atoms with Gasteiger partial charge in [-0.05, 0) is 12.8 Å². The molecule has 0 aromatic rings. The summed E-state index contributed by atoms with van der Waals surface area (Å²) in [5.74, 6) is 0.233. The second kappa shape index (κ2) is 5.66. The van der Waals surface area contributed by atoms with E-state index in [2.05, 4.69) is 19.2 Å². The van der Waals surface area contributed by atoms with Gasteiger partial charge in [-0.3, -0.25) is 0 Å². The Morgan fingerprint density at radius 1 is 1.33 bits per heavy atom. The third-order valence-corrected chi connectivity index (χ3v) is 4.05. The fraction of sp³-hybridized carbons (Fsp3) is 0.818. The van der Waals surface area contributed by atoms with E-state index in [1.54, 1.807) is 6.08 Å². The Balaban J connectivity index is 2.43. The van der Waals surface area contributed by atoms with Gasteiger partial charge in [0.25, 0.3) is 0 Å². The first-order valence-electron chi connectivity index (χ1n) is 5.74. The van der Waals surface area contributed by atoms with Crippen molar-refractivity contribution in [3.63, 3.8) is 0 Å². The average Bonchev–Trinajstić information content (AvgIpc) is 2.46. The predicted molar refractivity (Wildman–Crippen MR) is 63.5 cm³/mol. The molecule has 0 aromatic carbocycles. The molecular formula is C11H21NO2S. The lowest BCUT2D eigenvalue weighted by Crippen LogP contribution is -2.38. The van der Waals surface area contributed by atoms with Crippen LogP contribution in [0.1, 0.15) is 39.5 Å². The Morgan fingerprint density at radius 2 is 1.93 bits per heavy atom. The van der Waals surface area contributed by atoms with Gasteiger partial charge in [0.1, 0.15) is 0 Å². The van der Waals surface area contributed by atoms with Gasteiger partial charge in [-0.1, -0.05) is 32.8 Å². The highest BCUT2D eigenvalue weighted by molar-refractivity contribution is 7.94. The molecule has 3 nitrogen and oxygen atoms in total. The Kier molecular flexibility index (Phi) is 4.80. The van der Waals surface area contributed by atoms with Crippen molar-refractivity contribution in [1.82, 2.24) is 5.32 Å². The summed E-state index contributed by atoms with van der Waals surface area (Å²) >= 11 is 0. The van der Waals surface area contributed by atoms with E-state index in [1.165, 1.54) is 5.41 Å². The SMILES string of the molecule is CCCC(CCC)NC1C=CS(=O)(=O)C1. The normalized spacial score (nSPS) is 23.8. The minimum absolute atomic E-state index is 0.0260. The van der Waals surface area contributed by atoms with Crippen LogP contribution >= 0.6 is 0 Å². The van der Waals surface area contributed by atoms with Gasteiger partial charge in [0.15, 0.2) is 9.84 Å². The van der Waals surface area contributed by atoms with Crippen LogP contribution in [-0.2, 0) is 9.84 Å². The quantitative estimate of drug-likeness (QED) is 0.759. The molecule has 4 heteroatoms. The molecule has 0 saturated heterocycles. The molecule has 0 fully saturated rings. The molecule has 15 heavy (non-hydrogen) atoms. The van der Waals surface area contributed by atoms with Crippen LogP contribution in [0.5, 0.6) is 0 Å². The molecule has 1 unspecified atom stereocenters. The maximum Gasteiger partial charge on any atom is 0.173 e. The maximum absolute atomic E-state index is 11.2. The van der Waals surface area contributed by atoms with E-state index in [0.717, 1.165) is 25.7 Å². The van der Waals surface area contributed by atoms with E-state index in [4.69, 9.17) is 0 Å². The third kappa shape index (κ3) is 4.34. The second-order valence-electron chi connectivity index (χ2n) is 4.21. The highest BCUT2D eigenvalue weighted by Crippen LogP contribution is 2.12. The molecule has 1 aliphatic rings. The molecule has 0 aliphatic carbocycles. The number of rotatable bonds is 6. The van der Waals surface area contributed by atoms with Gasteiger partial charge in [-0.25, -0.2) is 8.42 Å². The van der Waals surface area contributed by atoms with Gasteiger partial charge >= 0.3 is 0 Å². The van der Waals surface area contributed by atoms with Gasteiger partial charge in [0, 0.05) is 17.5 Å². The predicted octanol–water partition coefficient (Wildman–Crippen LogP) is 1.86. The molecule has 88 valence electrons. The van der Waals surface area contributed by atoms with Crippen molar-refractivity contribution in [2.75, 3.05) is 5.75 Å². The molecule has 1 N–H and O–H groups in total. The molecule has 0 radical (unpaired) electrons. The zero-order valence-corrected chi connectivity index (χ0v) is 10.4. The number of hydrogen-bond acceptors (Lipinski definition) is 3. The minimum Gasteiger partial charge on any atom is -0.307 e. The Hall–Kier alpha value is -0.350. The molecule has 0 saturated carbocycles. The molecule has 0 aromatic heterocycles. The van der Waals surface area contributed by atoms with Crippen LogP contribution in [0.25, 0.3) is 0 Å². The van der Waals surface area contributed by atoms with Crippen molar-refractivity contribution in [3.8, 4) is 0 Å². The van der Waals surface area contributed by atoms with Crippen LogP contribution in [0.2, 0.25) is 0 Å². The molecule has 0 amide bonds. The van der Waals surface area contributed by atoms with E-state index < -0.39 is 9.84 Å². The maximum atomic E-state index is 11.2. The largest absolute Gasteiger partial charge is 0.307 e. The van der Waals surface area contributed by atoms with Crippen molar-refractivity contribution < 1.29 is 8.42 Å². The molecule has 1 atom stereocenters. The summed E-state index contributed by atoms with van der Waals surface area (Å²) in [6.07, 6.45) is 6.30. The standard InChI is InChI=1S/C11H21NO2S/c1-3-5-10(6-4-2)12-11-7-8-15(13,14)9-11/h7-8,10-12H,3-6,9H2,1-2H3. The molecule has 0 bridgehead atoms. The van der Waals surface area contributed by atoms with Crippen molar-refractivity contribution in [3.05, 3.63) is 11.5 Å². The van der Waals surface area contributed by atoms with Crippen LogP contribution < -0.4 is 5.32 Å². The lowest BCUT2D eigenvalue weighted by molar-refractivity contribution is 0.427. The summed E-state index contributed by atoms with van der Waals surface area (Å²) in [5.41, 5.74) is 0. The van der Waals surface area contributed by atoms with Crippen LogP contribution in [0.15, 0.2) is 11.5 Å². The zero-order valence-electron chi connectivity index (χ0n) is 9.57. The van der Waals surface area contributed by atoms with E-state index in [1.807, 2.05) is 0 Å². The average molecular weight is 231 g/mol. The summed E-state index contributed by atoms with van der Waals surface area (Å²) < 4.78 is 22.4. The Bertz CT molecular complexity index is 303. The summed E-state index contributed by atoms with van der Waals surface area (Å²) in [5, 5.41) is 4.74. The Morgan fingerprint density at radius 3 is 2.33 bits per heavy atom. The van der Waals surface area contributed by atoms with Crippen LogP contribution in [0.3, 0.4) is 0 Å². The lowest BCUT2D eigenvalue weighted by atomic mass is 10.1. The van der Waals surface area contributed by atoms with E-state index in [0.29, 0.717) is 6.04 Å². The molecule has 1 rings (SSSR count). The number of sulfone groups is 1. The van der Waals surface area contributed by atoms with Gasteiger partial charge in [0.2, 0.25) is 0 Å². The first-order valence-corrected chi connectivity index (χ1v) is 7.46. The Labute approximate surface area is 92.9 Å². The van der Waals surface area contributed by atoms with Gasteiger partial charge in [0.05, 0.1) is 5.75 Å². The van der Waals surface area contributed by atoms with Gasteiger partial charge < -0.3 is 5.32 Å². The summed E-state index contributed by atoms with van der Waals surface area (Å²) in [6, 6.07) is 0.487. The van der Waals surface area contributed by atoms with Crippen molar-refractivity contribution in [2.24, 2.45) is 0 Å². The zero-order chi connectivity index (χ0) is 11.3. The first-order chi connectivity index (χ1) is 7.07. The van der Waals surface area contributed by atoms with Crippen LogP contribution in [-0.4, -0.2) is 26.3 Å². The number of hydrogen-bond donors (Lipinski definition) is 1. The fourth-order valence-corrected chi connectivity index (χ4v) is 3.24. The highest BCUT2D eigenvalue weighted by atomic mass is 32.2. The topological polar surface area (TPSA) is 46.2 Å². The molecule has 1 heterocycles. The van der Waals surface area contributed by atoms with Gasteiger partial charge in [-0.15, -0.1) is 0 Å². The third-order valence-electron chi connectivity index (χ3n) is 2.65. The smallest absolute Gasteiger partial charge is 0.173 e. The van der Waals surface area contributed by atoms with Gasteiger partial charge in [-0.2, -0.15) is 0 Å². The van der Waals surface area contributed by atoms with E-state index >= 15 is 0 Å². The van der Waals surface area contributed by atoms with Crippen LogP contribution in [0, 0.1) is 0 Å². The monoisotopic (exact) mass is 231 g/mol. The van der Waals surface area contributed by atoms with Crippen molar-refractivity contribution >= 4 is 9.84 Å². The number of nitrogens with one attached hydrogen (secondary N) is 1. The minimum atomic E-state index is -2.91. The van der Waals surface area contributed by atoms with Crippen molar-refractivity contribution in [1.29, 1.82) is 0 Å². The fourth-order valence-electron chi connectivity index (χ4n) is 1.99. The summed E-state index contributed by atoms with van der Waals surface area (Å²) in [4.78, 5) is 0. The molecule has 1 aliphatic heterocycles. The first kappa shape index (κ1) is 12.7.